The zero-order valence-electron chi connectivity index (χ0n) is 18.4. The van der Waals surface area contributed by atoms with E-state index in [0.717, 1.165) is 23.0 Å². The lowest BCUT2D eigenvalue weighted by atomic mass is 10.0. The Hall–Kier alpha value is -4.48. The van der Waals surface area contributed by atoms with Crippen molar-refractivity contribution in [1.29, 1.82) is 5.41 Å². The summed E-state index contributed by atoms with van der Waals surface area (Å²) in [6, 6.07) is 13.3. The molecule has 0 saturated carbocycles. The first-order valence-corrected chi connectivity index (χ1v) is 10.9. The van der Waals surface area contributed by atoms with Crippen LogP contribution in [-0.2, 0) is 4.74 Å². The number of nitrogens with two attached hydrogens (primary N) is 1. The predicted octanol–water partition coefficient (Wildman–Crippen LogP) is 2.85. The molecule has 0 aliphatic carbocycles. The van der Waals surface area contributed by atoms with Gasteiger partial charge in [0.05, 0.1) is 19.4 Å². The molecule has 5 rings (SSSR count). The SMILES string of the molecule is N=Cc1c(C#Cc2cnc3ccc(-c4ccc(C(=O)N5CCOCC5)cc4)cn23)ccnc1N. The summed E-state index contributed by atoms with van der Waals surface area (Å²) in [5, 5.41) is 7.57. The summed E-state index contributed by atoms with van der Waals surface area (Å²) < 4.78 is 7.25. The minimum atomic E-state index is 0.0264. The minimum Gasteiger partial charge on any atom is -0.383 e. The number of pyridine rings is 2. The molecule has 8 heteroatoms. The van der Waals surface area contributed by atoms with E-state index in [2.05, 4.69) is 21.8 Å². The van der Waals surface area contributed by atoms with Crippen LogP contribution in [0, 0.1) is 17.3 Å². The number of morpholine rings is 1. The highest BCUT2D eigenvalue weighted by atomic mass is 16.5. The van der Waals surface area contributed by atoms with E-state index in [1.54, 1.807) is 18.5 Å². The fourth-order valence-electron chi connectivity index (χ4n) is 3.88. The van der Waals surface area contributed by atoms with Gasteiger partial charge in [-0.3, -0.25) is 9.20 Å². The first-order chi connectivity index (χ1) is 16.6. The van der Waals surface area contributed by atoms with Crippen LogP contribution in [0.2, 0.25) is 0 Å². The molecule has 0 unspecified atom stereocenters. The number of carbonyl (C=O) groups is 1. The van der Waals surface area contributed by atoms with Gasteiger partial charge >= 0.3 is 0 Å². The van der Waals surface area contributed by atoms with Crippen LogP contribution >= 0.6 is 0 Å². The van der Waals surface area contributed by atoms with Crippen LogP contribution in [-0.4, -0.2) is 57.7 Å². The highest BCUT2D eigenvalue weighted by molar-refractivity contribution is 5.94. The standard InChI is InChI=1S/C26H22N6O2/c27-15-23-19(9-10-29-25(23)28)5-7-22-16-30-24-8-6-21(17-32(22)24)18-1-3-20(4-2-18)26(33)31-11-13-34-14-12-31/h1-4,6,8-10,15-17,27H,11-14H2,(H2,28,29). The van der Waals surface area contributed by atoms with Crippen LogP contribution in [0.15, 0.2) is 61.1 Å². The molecule has 1 fully saturated rings. The van der Waals surface area contributed by atoms with Crippen LogP contribution in [0.1, 0.15) is 27.2 Å². The Bertz CT molecular complexity index is 1440. The second-order valence-electron chi connectivity index (χ2n) is 7.82. The second-order valence-corrected chi connectivity index (χ2v) is 7.82. The average molecular weight is 451 g/mol. The van der Waals surface area contributed by atoms with Gasteiger partial charge in [-0.1, -0.05) is 18.1 Å². The van der Waals surface area contributed by atoms with Gasteiger partial charge in [0.15, 0.2) is 0 Å². The van der Waals surface area contributed by atoms with Gasteiger partial charge in [-0.2, -0.15) is 0 Å². The topological polar surface area (TPSA) is 110 Å². The number of nitrogens with one attached hydrogen (secondary N) is 1. The highest BCUT2D eigenvalue weighted by Crippen LogP contribution is 2.22. The smallest absolute Gasteiger partial charge is 0.254 e. The van der Waals surface area contributed by atoms with Crippen molar-refractivity contribution in [3.63, 3.8) is 0 Å². The molecule has 3 aromatic heterocycles. The number of amides is 1. The molecule has 0 spiro atoms. The Morgan fingerprint density at radius 2 is 1.79 bits per heavy atom. The van der Waals surface area contributed by atoms with Gasteiger partial charge < -0.3 is 20.8 Å². The van der Waals surface area contributed by atoms with E-state index in [-0.39, 0.29) is 11.7 Å². The van der Waals surface area contributed by atoms with Crippen molar-refractivity contribution >= 4 is 23.6 Å². The van der Waals surface area contributed by atoms with Crippen LogP contribution in [0.4, 0.5) is 5.82 Å². The number of ether oxygens (including phenoxy) is 1. The fourth-order valence-corrected chi connectivity index (χ4v) is 3.88. The van der Waals surface area contributed by atoms with E-state index >= 15 is 0 Å². The maximum absolute atomic E-state index is 12.7. The second kappa shape index (κ2) is 9.17. The van der Waals surface area contributed by atoms with Crippen LogP contribution in [0.5, 0.6) is 0 Å². The van der Waals surface area contributed by atoms with Crippen LogP contribution in [0.3, 0.4) is 0 Å². The molecular weight excluding hydrogens is 428 g/mol. The summed E-state index contributed by atoms with van der Waals surface area (Å²) in [4.78, 5) is 23.0. The summed E-state index contributed by atoms with van der Waals surface area (Å²) in [7, 11) is 0. The monoisotopic (exact) mass is 450 g/mol. The normalized spacial score (nSPS) is 13.4. The van der Waals surface area contributed by atoms with E-state index in [9.17, 15) is 4.79 Å². The zero-order valence-corrected chi connectivity index (χ0v) is 18.4. The van der Waals surface area contributed by atoms with E-state index < -0.39 is 0 Å². The Morgan fingerprint density at radius 1 is 1.03 bits per heavy atom. The Morgan fingerprint density at radius 3 is 2.56 bits per heavy atom. The van der Waals surface area contributed by atoms with Gasteiger partial charge in [-0.05, 0) is 47.4 Å². The minimum absolute atomic E-state index is 0.0264. The number of rotatable bonds is 3. The van der Waals surface area contributed by atoms with Gasteiger partial charge in [0, 0.05) is 48.4 Å². The number of nitrogens with zero attached hydrogens (tertiary/aromatic N) is 4. The summed E-state index contributed by atoms with van der Waals surface area (Å²) in [5.41, 5.74) is 11.1. The molecule has 34 heavy (non-hydrogen) atoms. The maximum atomic E-state index is 12.7. The van der Waals surface area contributed by atoms with Gasteiger partial charge in [-0.15, -0.1) is 0 Å². The van der Waals surface area contributed by atoms with E-state index in [4.69, 9.17) is 15.9 Å². The van der Waals surface area contributed by atoms with Gasteiger partial charge in [0.25, 0.3) is 5.91 Å². The molecule has 1 aliphatic rings. The van der Waals surface area contributed by atoms with Crippen molar-refractivity contribution < 1.29 is 9.53 Å². The number of imidazole rings is 1. The molecular formula is C26H22N6O2. The summed E-state index contributed by atoms with van der Waals surface area (Å²) in [6.45, 7) is 2.40. The van der Waals surface area contributed by atoms with Crippen molar-refractivity contribution in [2.75, 3.05) is 32.0 Å². The molecule has 0 atom stereocenters. The lowest BCUT2D eigenvalue weighted by Crippen LogP contribution is -2.40. The summed E-state index contributed by atoms with van der Waals surface area (Å²) in [5.74, 6) is 6.51. The largest absolute Gasteiger partial charge is 0.383 e. The number of nitrogen functional groups attached to an aromatic ring is 1. The molecule has 4 aromatic rings. The van der Waals surface area contributed by atoms with Crippen molar-refractivity contribution in [1.82, 2.24) is 19.3 Å². The number of hydrogen-bond acceptors (Lipinski definition) is 6. The van der Waals surface area contributed by atoms with Crippen LogP contribution < -0.4 is 5.73 Å². The maximum Gasteiger partial charge on any atom is 0.254 e. The molecule has 4 heterocycles. The van der Waals surface area contributed by atoms with Crippen molar-refractivity contribution in [2.24, 2.45) is 0 Å². The number of anilines is 1. The zero-order chi connectivity index (χ0) is 23.5. The number of carbonyl (C=O) groups excluding carboxylic acids is 1. The van der Waals surface area contributed by atoms with Crippen LogP contribution in [0.25, 0.3) is 16.8 Å². The Labute approximate surface area is 196 Å². The molecule has 0 bridgehead atoms. The highest BCUT2D eigenvalue weighted by Gasteiger charge is 2.18. The van der Waals surface area contributed by atoms with Gasteiger partial charge in [0.2, 0.25) is 0 Å². The lowest BCUT2D eigenvalue weighted by Gasteiger charge is -2.26. The van der Waals surface area contributed by atoms with E-state index in [0.29, 0.717) is 48.7 Å². The molecule has 8 nitrogen and oxygen atoms in total. The van der Waals surface area contributed by atoms with Crippen molar-refractivity contribution in [3.8, 4) is 23.0 Å². The number of fused-ring (bicyclic) bond motifs is 1. The summed E-state index contributed by atoms with van der Waals surface area (Å²) in [6.07, 6.45) is 6.42. The molecule has 3 N–H and O–H groups in total. The molecule has 1 aromatic carbocycles. The predicted molar refractivity (Wildman–Crippen MR) is 130 cm³/mol. The molecule has 168 valence electrons. The number of aromatic nitrogens is 3. The molecule has 1 saturated heterocycles. The van der Waals surface area contributed by atoms with E-state index in [1.807, 2.05) is 51.9 Å². The fraction of sp³-hybridized carbons (Fsp3) is 0.154. The third-order valence-electron chi connectivity index (χ3n) is 5.76. The third kappa shape index (κ3) is 4.12. The third-order valence-corrected chi connectivity index (χ3v) is 5.76. The molecule has 1 amide bonds. The Balaban J connectivity index is 1.43. The Kier molecular flexibility index (Phi) is 5.77. The van der Waals surface area contributed by atoms with Gasteiger partial charge in [-0.25, -0.2) is 9.97 Å². The van der Waals surface area contributed by atoms with E-state index in [1.165, 1.54) is 0 Å². The van der Waals surface area contributed by atoms with Crippen molar-refractivity contribution in [2.45, 2.75) is 0 Å². The lowest BCUT2D eigenvalue weighted by molar-refractivity contribution is 0.0303. The summed E-state index contributed by atoms with van der Waals surface area (Å²) >= 11 is 0. The van der Waals surface area contributed by atoms with Gasteiger partial charge in [0.1, 0.15) is 17.2 Å². The number of hydrogen-bond donors (Lipinski definition) is 2. The average Bonchev–Trinajstić information content (AvgIpc) is 3.30. The quantitative estimate of drug-likeness (QED) is 0.368. The molecule has 0 radical (unpaired) electrons. The molecule has 1 aliphatic heterocycles. The first-order valence-electron chi connectivity index (χ1n) is 10.9. The van der Waals surface area contributed by atoms with Crippen molar-refractivity contribution in [3.05, 3.63) is 83.4 Å². The first kappa shape index (κ1) is 21.4. The number of benzene rings is 1.